The quantitative estimate of drug-likeness (QED) is 0.396. The maximum Gasteiger partial charge on any atom is 0.344 e. The summed E-state index contributed by atoms with van der Waals surface area (Å²) in [6.45, 7) is 1.43. The lowest BCUT2D eigenvalue weighted by molar-refractivity contribution is -0.384. The Morgan fingerprint density at radius 1 is 1.30 bits per heavy atom. The van der Waals surface area contributed by atoms with Gasteiger partial charge in [0.15, 0.2) is 6.61 Å². The SMILES string of the molecule is CCOC(=O)COc1cc(F)ccc1S(=O)NCc1cccc([N+](=O)[O-])c1. The van der Waals surface area contributed by atoms with Crippen molar-refractivity contribution < 1.29 is 27.8 Å². The number of hydrogen-bond acceptors (Lipinski definition) is 6. The number of benzene rings is 2. The molecule has 0 aromatic heterocycles. The number of ether oxygens (including phenoxy) is 2. The molecule has 0 amide bonds. The van der Waals surface area contributed by atoms with E-state index >= 15 is 0 Å². The lowest BCUT2D eigenvalue weighted by Gasteiger charge is -2.11. The molecule has 2 aromatic carbocycles. The minimum absolute atomic E-state index is 0.0621. The average Bonchev–Trinajstić information content (AvgIpc) is 2.65. The number of halogens is 1. The second kappa shape index (κ2) is 9.74. The first-order valence-electron chi connectivity index (χ1n) is 7.87. The monoisotopic (exact) mass is 396 g/mol. The molecule has 0 saturated carbocycles. The highest BCUT2D eigenvalue weighted by Crippen LogP contribution is 2.23. The topological polar surface area (TPSA) is 108 Å². The predicted molar refractivity (Wildman–Crippen MR) is 94.9 cm³/mol. The van der Waals surface area contributed by atoms with Crippen molar-refractivity contribution in [1.29, 1.82) is 0 Å². The van der Waals surface area contributed by atoms with Crippen LogP contribution in [0.4, 0.5) is 10.1 Å². The van der Waals surface area contributed by atoms with Crippen molar-refractivity contribution in [1.82, 2.24) is 4.72 Å². The van der Waals surface area contributed by atoms with E-state index in [1.165, 1.54) is 24.3 Å². The number of hydrogen-bond donors (Lipinski definition) is 1. The fourth-order valence-electron chi connectivity index (χ4n) is 2.09. The molecule has 1 unspecified atom stereocenters. The number of non-ortho nitro benzene ring substituents is 1. The zero-order chi connectivity index (χ0) is 19.8. The Morgan fingerprint density at radius 3 is 2.78 bits per heavy atom. The van der Waals surface area contributed by atoms with Crippen LogP contribution in [0.5, 0.6) is 5.75 Å². The molecule has 0 aliphatic heterocycles. The number of nitro groups is 1. The van der Waals surface area contributed by atoms with Gasteiger partial charge in [0.25, 0.3) is 5.69 Å². The molecule has 144 valence electrons. The van der Waals surface area contributed by atoms with Crippen LogP contribution in [0, 0.1) is 15.9 Å². The van der Waals surface area contributed by atoms with Gasteiger partial charge in [-0.3, -0.25) is 10.1 Å². The first kappa shape index (κ1) is 20.5. The van der Waals surface area contributed by atoms with E-state index in [4.69, 9.17) is 9.47 Å². The van der Waals surface area contributed by atoms with Crippen molar-refractivity contribution in [2.75, 3.05) is 13.2 Å². The summed E-state index contributed by atoms with van der Waals surface area (Å²) in [6.07, 6.45) is 0. The molecule has 27 heavy (non-hydrogen) atoms. The van der Waals surface area contributed by atoms with Crippen LogP contribution in [0.25, 0.3) is 0 Å². The van der Waals surface area contributed by atoms with Gasteiger partial charge in [-0.25, -0.2) is 18.1 Å². The summed E-state index contributed by atoms with van der Waals surface area (Å²) in [7, 11) is -1.80. The van der Waals surface area contributed by atoms with Crippen LogP contribution in [0.15, 0.2) is 47.4 Å². The number of nitro benzene ring substituents is 1. The highest BCUT2D eigenvalue weighted by atomic mass is 32.2. The third-order valence-electron chi connectivity index (χ3n) is 3.29. The summed E-state index contributed by atoms with van der Waals surface area (Å²) < 4.78 is 38.6. The number of carbonyl (C=O) groups excluding carboxylic acids is 1. The summed E-state index contributed by atoms with van der Waals surface area (Å²) in [5.41, 5.74) is 0.467. The van der Waals surface area contributed by atoms with Gasteiger partial charge in [0, 0.05) is 24.7 Å². The van der Waals surface area contributed by atoms with Crippen LogP contribution < -0.4 is 9.46 Å². The fraction of sp³-hybridized carbons (Fsp3) is 0.235. The Morgan fingerprint density at radius 2 is 2.07 bits per heavy atom. The minimum Gasteiger partial charge on any atom is -0.480 e. The average molecular weight is 396 g/mol. The maximum atomic E-state index is 13.5. The summed E-state index contributed by atoms with van der Waals surface area (Å²) in [6, 6.07) is 9.26. The number of carbonyl (C=O) groups is 1. The van der Waals surface area contributed by atoms with Crippen LogP contribution in [-0.4, -0.2) is 28.3 Å². The van der Waals surface area contributed by atoms with E-state index in [9.17, 15) is 23.5 Å². The van der Waals surface area contributed by atoms with Gasteiger partial charge in [0.2, 0.25) is 0 Å². The van der Waals surface area contributed by atoms with Crippen LogP contribution in [0.2, 0.25) is 0 Å². The van der Waals surface area contributed by atoms with Crippen molar-refractivity contribution in [3.8, 4) is 5.75 Å². The van der Waals surface area contributed by atoms with Gasteiger partial charge in [-0.15, -0.1) is 0 Å². The molecule has 0 spiro atoms. The molecule has 0 bridgehead atoms. The molecule has 2 aromatic rings. The molecule has 0 heterocycles. The van der Waals surface area contributed by atoms with Crippen LogP contribution in [-0.2, 0) is 27.1 Å². The maximum absolute atomic E-state index is 13.5. The smallest absolute Gasteiger partial charge is 0.344 e. The third kappa shape index (κ3) is 6.12. The molecule has 8 nitrogen and oxygen atoms in total. The largest absolute Gasteiger partial charge is 0.480 e. The highest BCUT2D eigenvalue weighted by molar-refractivity contribution is 7.83. The third-order valence-corrected chi connectivity index (χ3v) is 4.43. The second-order valence-electron chi connectivity index (χ2n) is 5.20. The summed E-state index contributed by atoms with van der Waals surface area (Å²) in [4.78, 5) is 21.8. The summed E-state index contributed by atoms with van der Waals surface area (Å²) >= 11 is 0. The highest BCUT2D eigenvalue weighted by Gasteiger charge is 2.15. The first-order chi connectivity index (χ1) is 12.9. The number of nitrogens with one attached hydrogen (secondary N) is 1. The van der Waals surface area contributed by atoms with E-state index in [-0.39, 0.29) is 29.5 Å². The zero-order valence-electron chi connectivity index (χ0n) is 14.3. The Bertz CT molecular complexity index is 861. The molecule has 1 N–H and O–H groups in total. The Kier molecular flexibility index (Phi) is 7.38. The van der Waals surface area contributed by atoms with Crippen LogP contribution in [0.1, 0.15) is 12.5 Å². The van der Waals surface area contributed by atoms with Crippen molar-refractivity contribution >= 4 is 22.6 Å². The number of rotatable bonds is 9. The summed E-state index contributed by atoms with van der Waals surface area (Å²) in [5.74, 6) is -1.32. The van der Waals surface area contributed by atoms with Gasteiger partial charge in [-0.2, -0.15) is 0 Å². The van der Waals surface area contributed by atoms with Crippen molar-refractivity contribution in [3.63, 3.8) is 0 Å². The first-order valence-corrected chi connectivity index (χ1v) is 9.02. The number of esters is 1. The molecule has 1 atom stereocenters. The molecule has 10 heteroatoms. The van der Waals surface area contributed by atoms with E-state index in [0.29, 0.717) is 5.56 Å². The van der Waals surface area contributed by atoms with E-state index in [1.807, 2.05) is 0 Å². The standard InChI is InChI=1S/C17H17FN2O6S/c1-2-25-17(21)11-26-15-9-13(18)6-7-16(15)27(24)19-10-12-4-3-5-14(8-12)20(22)23/h3-9,19H,2,10-11H2,1H3. The second-order valence-corrected chi connectivity index (χ2v) is 6.47. The fourth-order valence-corrected chi connectivity index (χ4v) is 3.04. The molecule has 0 aliphatic rings. The Balaban J connectivity index is 2.08. The lowest BCUT2D eigenvalue weighted by Crippen LogP contribution is -2.19. The van der Waals surface area contributed by atoms with Gasteiger partial charge < -0.3 is 9.47 Å². The Labute approximate surface area is 157 Å². The Hall–Kier alpha value is -2.85. The molecule has 0 aliphatic carbocycles. The van der Waals surface area contributed by atoms with Crippen molar-refractivity contribution in [2.24, 2.45) is 0 Å². The molecule has 0 radical (unpaired) electrons. The van der Waals surface area contributed by atoms with Gasteiger partial charge in [0.1, 0.15) is 22.6 Å². The molecular weight excluding hydrogens is 379 g/mol. The van der Waals surface area contributed by atoms with E-state index in [0.717, 1.165) is 12.1 Å². The summed E-state index contributed by atoms with van der Waals surface area (Å²) in [5, 5.41) is 10.8. The predicted octanol–water partition coefficient (Wildman–Crippen LogP) is 2.49. The van der Waals surface area contributed by atoms with Gasteiger partial charge in [0.05, 0.1) is 16.4 Å². The minimum atomic E-state index is -1.80. The zero-order valence-corrected chi connectivity index (χ0v) is 15.2. The molecule has 2 rings (SSSR count). The van der Waals surface area contributed by atoms with Crippen LogP contribution >= 0.6 is 0 Å². The van der Waals surface area contributed by atoms with E-state index in [1.54, 1.807) is 13.0 Å². The van der Waals surface area contributed by atoms with E-state index in [2.05, 4.69) is 4.72 Å². The number of nitrogens with zero attached hydrogens (tertiary/aromatic N) is 1. The molecule has 0 saturated heterocycles. The van der Waals surface area contributed by atoms with Crippen LogP contribution in [0.3, 0.4) is 0 Å². The van der Waals surface area contributed by atoms with Gasteiger partial charge in [-0.1, -0.05) is 12.1 Å². The van der Waals surface area contributed by atoms with E-state index < -0.39 is 34.3 Å². The van der Waals surface area contributed by atoms with Crippen molar-refractivity contribution in [2.45, 2.75) is 18.4 Å². The lowest BCUT2D eigenvalue weighted by atomic mass is 10.2. The molecular formula is C17H17FN2O6S. The van der Waals surface area contributed by atoms with Gasteiger partial charge in [-0.05, 0) is 24.6 Å². The molecule has 0 fully saturated rings. The normalized spacial score (nSPS) is 11.6. The van der Waals surface area contributed by atoms with Crippen molar-refractivity contribution in [3.05, 3.63) is 64.0 Å². The van der Waals surface area contributed by atoms with Gasteiger partial charge >= 0.3 is 5.97 Å².